The highest BCUT2D eigenvalue weighted by atomic mass is 19.3. The molecule has 1 aliphatic heterocycles. The van der Waals surface area contributed by atoms with Gasteiger partial charge in [-0.3, -0.25) is 4.79 Å². The molecule has 7 nitrogen and oxygen atoms in total. The largest absolute Gasteiger partial charge is 0.381 e. The molecule has 0 aliphatic carbocycles. The van der Waals surface area contributed by atoms with Crippen molar-refractivity contribution in [1.82, 2.24) is 24.5 Å². The van der Waals surface area contributed by atoms with E-state index in [1.54, 1.807) is 19.3 Å². The van der Waals surface area contributed by atoms with Gasteiger partial charge in [0.05, 0.1) is 17.1 Å². The van der Waals surface area contributed by atoms with E-state index in [1.165, 1.54) is 36.2 Å². The molecule has 3 aromatic heterocycles. The Balaban J connectivity index is 0.000000223. The maximum absolute atomic E-state index is 12.4. The van der Waals surface area contributed by atoms with E-state index in [9.17, 15) is 13.6 Å². The average molecular weight is 460 g/mol. The highest BCUT2D eigenvalue weighted by Crippen LogP contribution is 2.18. The van der Waals surface area contributed by atoms with Gasteiger partial charge in [0.2, 0.25) is 5.56 Å². The number of hydrogen-bond donors (Lipinski definition) is 0. The Morgan fingerprint density at radius 1 is 1.12 bits per heavy atom. The average Bonchev–Trinajstić information content (AvgIpc) is 2.82. The fourth-order valence-electron chi connectivity index (χ4n) is 2.86. The van der Waals surface area contributed by atoms with E-state index in [-0.39, 0.29) is 17.6 Å². The molecule has 9 heteroatoms. The number of hydrogen-bond acceptors (Lipinski definition) is 6. The molecule has 4 heterocycles. The van der Waals surface area contributed by atoms with Gasteiger partial charge in [-0.1, -0.05) is 12.6 Å². The van der Waals surface area contributed by atoms with Crippen LogP contribution in [-0.2, 0) is 18.2 Å². The van der Waals surface area contributed by atoms with Crippen LogP contribution >= 0.6 is 0 Å². The lowest BCUT2D eigenvalue weighted by Gasteiger charge is -2.08. The Morgan fingerprint density at radius 2 is 1.82 bits per heavy atom. The number of pyridine rings is 1. The zero-order chi connectivity index (χ0) is 24.2. The van der Waals surface area contributed by atoms with E-state index in [2.05, 4.69) is 26.5 Å². The van der Waals surface area contributed by atoms with Gasteiger partial charge in [-0.25, -0.2) is 28.7 Å². The zero-order valence-electron chi connectivity index (χ0n) is 19.4. The first-order chi connectivity index (χ1) is 15.8. The summed E-state index contributed by atoms with van der Waals surface area (Å²) < 4.78 is 31.4. The third-order valence-corrected chi connectivity index (χ3v) is 5.03. The van der Waals surface area contributed by atoms with Crippen molar-refractivity contribution in [2.24, 2.45) is 7.05 Å². The van der Waals surface area contributed by atoms with Crippen LogP contribution in [0, 0.1) is 13.8 Å². The molecule has 0 spiro atoms. The number of allylic oxidation sites excluding steroid dienone is 1. The lowest BCUT2D eigenvalue weighted by molar-refractivity contribution is 0.0968. The Hall–Kier alpha value is -3.07. The predicted molar refractivity (Wildman–Crippen MR) is 124 cm³/mol. The second kappa shape index (κ2) is 13.5. The first-order valence-corrected chi connectivity index (χ1v) is 10.9. The lowest BCUT2D eigenvalue weighted by atomic mass is 10.1. The fourth-order valence-corrected chi connectivity index (χ4v) is 2.86. The zero-order valence-corrected chi connectivity index (χ0v) is 19.4. The molecule has 3 aromatic rings. The number of aromatic nitrogens is 5. The Bertz CT molecular complexity index is 1090. The van der Waals surface area contributed by atoms with Crippen LogP contribution in [0.2, 0.25) is 0 Å². The van der Waals surface area contributed by atoms with Crippen molar-refractivity contribution in [3.8, 4) is 0 Å². The molecule has 0 atom stereocenters. The van der Waals surface area contributed by atoms with Crippen LogP contribution in [0.4, 0.5) is 8.78 Å². The van der Waals surface area contributed by atoms with Gasteiger partial charge >= 0.3 is 0 Å². The van der Waals surface area contributed by atoms with Crippen molar-refractivity contribution in [3.05, 3.63) is 70.3 Å². The minimum absolute atomic E-state index is 0.0347. The molecular weight excluding hydrogens is 428 g/mol. The SMILES string of the molecule is C1CCOCC1.C=C(CCc1ncnc2nc(C)c(C)nc12)C(F)F.Cn1ccccc1=O. The van der Waals surface area contributed by atoms with Gasteiger partial charge in [0.25, 0.3) is 6.43 Å². The third kappa shape index (κ3) is 8.76. The maximum atomic E-state index is 12.4. The Kier molecular flexibility index (Phi) is 10.7. The van der Waals surface area contributed by atoms with E-state index in [0.717, 1.165) is 24.6 Å². The maximum Gasteiger partial charge on any atom is 0.259 e. The van der Waals surface area contributed by atoms with Gasteiger partial charge in [0, 0.05) is 32.5 Å². The van der Waals surface area contributed by atoms with Gasteiger partial charge < -0.3 is 9.30 Å². The molecule has 0 bridgehead atoms. The van der Waals surface area contributed by atoms with Crippen LogP contribution < -0.4 is 5.56 Å². The molecule has 0 unspecified atom stereocenters. The van der Waals surface area contributed by atoms with Crippen LogP contribution in [0.25, 0.3) is 11.2 Å². The van der Waals surface area contributed by atoms with Crippen molar-refractivity contribution >= 4 is 11.2 Å². The van der Waals surface area contributed by atoms with E-state index in [1.807, 2.05) is 19.9 Å². The molecule has 0 amide bonds. The quantitative estimate of drug-likeness (QED) is 0.539. The van der Waals surface area contributed by atoms with Crippen molar-refractivity contribution in [3.63, 3.8) is 0 Å². The van der Waals surface area contributed by atoms with E-state index in [4.69, 9.17) is 4.74 Å². The van der Waals surface area contributed by atoms with Gasteiger partial charge in [0.15, 0.2) is 5.65 Å². The molecule has 1 fully saturated rings. The normalized spacial score (nSPS) is 13.0. The highest BCUT2D eigenvalue weighted by molar-refractivity contribution is 5.72. The molecule has 178 valence electrons. The summed E-state index contributed by atoms with van der Waals surface area (Å²) in [7, 11) is 1.72. The summed E-state index contributed by atoms with van der Waals surface area (Å²) in [4.78, 5) is 27.4. The summed E-state index contributed by atoms with van der Waals surface area (Å²) >= 11 is 0. The number of nitrogens with zero attached hydrogens (tertiary/aromatic N) is 5. The minimum atomic E-state index is -2.50. The number of alkyl halides is 2. The van der Waals surface area contributed by atoms with E-state index < -0.39 is 6.43 Å². The molecule has 0 aromatic carbocycles. The van der Waals surface area contributed by atoms with E-state index >= 15 is 0 Å². The number of ether oxygens (including phenoxy) is 1. The minimum Gasteiger partial charge on any atom is -0.381 e. The Morgan fingerprint density at radius 3 is 2.33 bits per heavy atom. The molecule has 1 aliphatic rings. The Labute approximate surface area is 192 Å². The number of rotatable bonds is 4. The van der Waals surface area contributed by atoms with Gasteiger partial charge in [-0.15, -0.1) is 0 Å². The van der Waals surface area contributed by atoms with Crippen LogP contribution in [-0.4, -0.2) is 44.1 Å². The van der Waals surface area contributed by atoms with Crippen molar-refractivity contribution in [2.45, 2.75) is 52.4 Å². The molecule has 0 saturated carbocycles. The monoisotopic (exact) mass is 459 g/mol. The summed E-state index contributed by atoms with van der Waals surface area (Å²) in [6.45, 7) is 9.04. The fraction of sp³-hybridized carbons (Fsp3) is 0.458. The molecule has 1 saturated heterocycles. The summed E-state index contributed by atoms with van der Waals surface area (Å²) in [5, 5.41) is 0. The van der Waals surface area contributed by atoms with Crippen LogP contribution in [0.1, 0.15) is 42.8 Å². The van der Waals surface area contributed by atoms with Crippen LogP contribution in [0.5, 0.6) is 0 Å². The van der Waals surface area contributed by atoms with Crippen LogP contribution in [0.3, 0.4) is 0 Å². The summed E-state index contributed by atoms with van der Waals surface area (Å²) in [5.74, 6) is 0. The lowest BCUT2D eigenvalue weighted by Crippen LogP contribution is -2.12. The first kappa shape index (κ1) is 26.2. The topological polar surface area (TPSA) is 82.8 Å². The number of aryl methyl sites for hydroxylation is 4. The standard InChI is InChI=1S/C13H14F2N4.C6H7NO.C5H10O/c1-7(12(14)15)4-5-10-11-13(17-6-16-10)19-9(3)8(2)18-11;1-7-5-3-2-4-6(7)8;1-2-4-6-5-3-1/h6,12H,1,4-5H2,2-3H3;2-5H,1H3;1-5H2. The second-order valence-corrected chi connectivity index (χ2v) is 7.67. The molecule has 33 heavy (non-hydrogen) atoms. The first-order valence-electron chi connectivity index (χ1n) is 10.9. The number of fused-ring (bicyclic) bond motifs is 1. The van der Waals surface area contributed by atoms with E-state index in [0.29, 0.717) is 23.3 Å². The van der Waals surface area contributed by atoms with Crippen molar-refractivity contribution in [2.75, 3.05) is 13.2 Å². The van der Waals surface area contributed by atoms with Gasteiger partial charge in [-0.2, -0.15) is 0 Å². The second-order valence-electron chi connectivity index (χ2n) is 7.67. The smallest absolute Gasteiger partial charge is 0.259 e. The third-order valence-electron chi connectivity index (χ3n) is 5.03. The molecule has 0 N–H and O–H groups in total. The highest BCUT2D eigenvalue weighted by Gasteiger charge is 2.12. The van der Waals surface area contributed by atoms with Crippen molar-refractivity contribution in [1.29, 1.82) is 0 Å². The summed E-state index contributed by atoms with van der Waals surface area (Å²) in [6, 6.07) is 5.07. The molecular formula is C24H31F2N5O2. The van der Waals surface area contributed by atoms with Crippen LogP contribution in [0.15, 0.2) is 47.7 Å². The van der Waals surface area contributed by atoms with Crippen molar-refractivity contribution < 1.29 is 13.5 Å². The predicted octanol–water partition coefficient (Wildman–Crippen LogP) is 4.36. The molecule has 0 radical (unpaired) electrons. The van der Waals surface area contributed by atoms with Gasteiger partial charge in [0.1, 0.15) is 11.8 Å². The molecule has 4 rings (SSSR count). The number of halogens is 2. The summed E-state index contributed by atoms with van der Waals surface area (Å²) in [5.41, 5.74) is 3.23. The van der Waals surface area contributed by atoms with Gasteiger partial charge in [-0.05, 0) is 57.6 Å². The summed E-state index contributed by atoms with van der Waals surface area (Å²) in [6.07, 6.45) is 5.08.